The van der Waals surface area contributed by atoms with E-state index in [0.29, 0.717) is 23.4 Å². The van der Waals surface area contributed by atoms with Crippen LogP contribution in [0.2, 0.25) is 5.02 Å². The van der Waals surface area contributed by atoms with Gasteiger partial charge in [-0.2, -0.15) is 0 Å². The lowest BCUT2D eigenvalue weighted by atomic mass is 9.94. The standard InChI is InChI=1S/C16H19ClN2O5/c1-5-19-8(2)12(15(21)24-4)13(18-16(19)22)9-6-10(17)14(20)11(7-9)23-3/h6-7,13,20H,5H2,1-4H3,(H,18,22)/t13-/m1/s1. The number of phenolic OH excluding ortho intramolecular Hbond substituents is 1. The number of benzene rings is 1. The van der Waals surface area contributed by atoms with Gasteiger partial charge in [-0.3, -0.25) is 4.90 Å². The molecule has 2 amide bonds. The summed E-state index contributed by atoms with van der Waals surface area (Å²) in [7, 11) is 2.66. The number of amides is 2. The number of carbonyl (C=O) groups is 2. The van der Waals surface area contributed by atoms with E-state index in [2.05, 4.69) is 5.32 Å². The van der Waals surface area contributed by atoms with E-state index in [0.717, 1.165) is 0 Å². The van der Waals surface area contributed by atoms with Crippen molar-refractivity contribution in [2.45, 2.75) is 19.9 Å². The van der Waals surface area contributed by atoms with Gasteiger partial charge in [-0.05, 0) is 31.5 Å². The average Bonchev–Trinajstić information content (AvgIpc) is 2.56. The molecule has 1 heterocycles. The van der Waals surface area contributed by atoms with Gasteiger partial charge in [0.05, 0.1) is 30.9 Å². The summed E-state index contributed by atoms with van der Waals surface area (Å²) in [6, 6.07) is 1.89. The Kier molecular flexibility index (Phi) is 5.23. The molecule has 0 saturated heterocycles. The lowest BCUT2D eigenvalue weighted by molar-refractivity contribution is -0.136. The first-order valence-electron chi connectivity index (χ1n) is 7.29. The first-order chi connectivity index (χ1) is 11.3. The number of carbonyl (C=O) groups excluding carboxylic acids is 2. The highest BCUT2D eigenvalue weighted by molar-refractivity contribution is 6.32. The largest absolute Gasteiger partial charge is 0.503 e. The minimum absolute atomic E-state index is 0.0541. The molecule has 0 aliphatic carbocycles. The smallest absolute Gasteiger partial charge is 0.337 e. The van der Waals surface area contributed by atoms with Gasteiger partial charge in [0.1, 0.15) is 0 Å². The number of rotatable bonds is 4. The molecule has 0 radical (unpaired) electrons. The van der Waals surface area contributed by atoms with E-state index in [-0.39, 0.29) is 22.6 Å². The lowest BCUT2D eigenvalue weighted by Crippen LogP contribution is -2.47. The molecule has 0 saturated carbocycles. The van der Waals surface area contributed by atoms with Crippen LogP contribution in [-0.4, -0.2) is 42.8 Å². The second-order valence-corrected chi connectivity index (χ2v) is 5.58. The van der Waals surface area contributed by atoms with E-state index in [1.54, 1.807) is 13.8 Å². The number of phenols is 1. The molecule has 1 aliphatic heterocycles. The van der Waals surface area contributed by atoms with Crippen molar-refractivity contribution in [3.05, 3.63) is 34.0 Å². The number of esters is 1. The molecule has 1 atom stereocenters. The van der Waals surface area contributed by atoms with Crippen LogP contribution < -0.4 is 10.1 Å². The molecule has 0 fully saturated rings. The van der Waals surface area contributed by atoms with Crippen molar-refractivity contribution in [1.29, 1.82) is 0 Å². The molecule has 8 heteroatoms. The van der Waals surface area contributed by atoms with Gasteiger partial charge in [0, 0.05) is 12.2 Å². The Bertz CT molecular complexity index is 717. The zero-order chi connectivity index (χ0) is 18.0. The SMILES string of the molecule is CCN1C(=O)N[C@H](c2cc(Cl)c(O)c(OC)c2)C(C(=O)OC)=C1C. The number of nitrogens with zero attached hydrogens (tertiary/aromatic N) is 1. The molecule has 1 aromatic rings. The quantitative estimate of drug-likeness (QED) is 0.811. The first-order valence-corrected chi connectivity index (χ1v) is 7.66. The van der Waals surface area contributed by atoms with Gasteiger partial charge in [0.15, 0.2) is 11.5 Å². The zero-order valence-electron chi connectivity index (χ0n) is 13.8. The molecule has 0 aromatic heterocycles. The second kappa shape index (κ2) is 7.00. The van der Waals surface area contributed by atoms with Crippen LogP contribution in [0.1, 0.15) is 25.5 Å². The topological polar surface area (TPSA) is 88.1 Å². The van der Waals surface area contributed by atoms with Gasteiger partial charge < -0.3 is 19.9 Å². The second-order valence-electron chi connectivity index (χ2n) is 5.17. The minimum atomic E-state index is -0.764. The summed E-state index contributed by atoms with van der Waals surface area (Å²) in [5, 5.41) is 12.7. The van der Waals surface area contributed by atoms with E-state index in [1.807, 2.05) is 0 Å². The van der Waals surface area contributed by atoms with Crippen molar-refractivity contribution in [2.24, 2.45) is 0 Å². The molecule has 24 heavy (non-hydrogen) atoms. The number of allylic oxidation sites excluding steroid dienone is 1. The third kappa shape index (κ3) is 2.99. The number of halogens is 1. The molecule has 7 nitrogen and oxygen atoms in total. The molecule has 0 bridgehead atoms. The summed E-state index contributed by atoms with van der Waals surface area (Å²) in [5.74, 6) is -0.619. The Hall–Kier alpha value is -2.41. The summed E-state index contributed by atoms with van der Waals surface area (Å²) >= 11 is 6.02. The molecule has 0 spiro atoms. The molecule has 1 aliphatic rings. The summed E-state index contributed by atoms with van der Waals surface area (Å²) in [4.78, 5) is 26.0. The number of methoxy groups -OCH3 is 2. The molecule has 2 rings (SSSR count). The van der Waals surface area contributed by atoms with Crippen LogP contribution in [0.25, 0.3) is 0 Å². The maximum atomic E-state index is 12.3. The molecule has 2 N–H and O–H groups in total. The highest BCUT2D eigenvalue weighted by Crippen LogP contribution is 2.39. The Balaban J connectivity index is 2.63. The first kappa shape index (κ1) is 17.9. The van der Waals surface area contributed by atoms with E-state index in [4.69, 9.17) is 21.1 Å². The van der Waals surface area contributed by atoms with Gasteiger partial charge in [0.25, 0.3) is 0 Å². The lowest BCUT2D eigenvalue weighted by Gasteiger charge is -2.34. The highest BCUT2D eigenvalue weighted by Gasteiger charge is 2.36. The van der Waals surface area contributed by atoms with Crippen molar-refractivity contribution in [3.8, 4) is 11.5 Å². The summed E-state index contributed by atoms with van der Waals surface area (Å²) in [6.07, 6.45) is 0. The van der Waals surface area contributed by atoms with Crippen LogP contribution in [0.5, 0.6) is 11.5 Å². The predicted molar refractivity (Wildman–Crippen MR) is 88.0 cm³/mol. The van der Waals surface area contributed by atoms with Crippen molar-refractivity contribution >= 4 is 23.6 Å². The Morgan fingerprint density at radius 2 is 2.08 bits per heavy atom. The summed E-state index contributed by atoms with van der Waals surface area (Å²) in [5.41, 5.74) is 1.29. The number of hydrogen-bond acceptors (Lipinski definition) is 5. The van der Waals surface area contributed by atoms with E-state index >= 15 is 0 Å². The summed E-state index contributed by atoms with van der Waals surface area (Å²) < 4.78 is 9.95. The summed E-state index contributed by atoms with van der Waals surface area (Å²) in [6.45, 7) is 3.89. The fraction of sp³-hybridized carbons (Fsp3) is 0.375. The maximum Gasteiger partial charge on any atom is 0.337 e. The van der Waals surface area contributed by atoms with Gasteiger partial charge in [-0.15, -0.1) is 0 Å². The van der Waals surface area contributed by atoms with Crippen LogP contribution in [0.15, 0.2) is 23.4 Å². The van der Waals surface area contributed by atoms with Crippen LogP contribution in [-0.2, 0) is 9.53 Å². The number of nitrogens with one attached hydrogen (secondary N) is 1. The van der Waals surface area contributed by atoms with Gasteiger partial charge in [0.2, 0.25) is 0 Å². The molecular formula is C16H19ClN2O5. The Morgan fingerprint density at radius 3 is 2.62 bits per heavy atom. The van der Waals surface area contributed by atoms with Crippen LogP contribution >= 0.6 is 11.6 Å². The fourth-order valence-electron chi connectivity index (χ4n) is 2.70. The fourth-order valence-corrected chi connectivity index (χ4v) is 2.92. The van der Waals surface area contributed by atoms with Crippen molar-refractivity contribution < 1.29 is 24.2 Å². The highest BCUT2D eigenvalue weighted by atomic mass is 35.5. The van der Waals surface area contributed by atoms with Crippen LogP contribution in [0, 0.1) is 0 Å². The minimum Gasteiger partial charge on any atom is -0.503 e. The van der Waals surface area contributed by atoms with Gasteiger partial charge in [-0.1, -0.05) is 11.6 Å². The average molecular weight is 355 g/mol. The van der Waals surface area contributed by atoms with Gasteiger partial charge >= 0.3 is 12.0 Å². The number of hydrogen-bond donors (Lipinski definition) is 2. The molecular weight excluding hydrogens is 336 g/mol. The number of urea groups is 1. The van der Waals surface area contributed by atoms with E-state index in [1.165, 1.54) is 31.3 Å². The van der Waals surface area contributed by atoms with Crippen molar-refractivity contribution in [2.75, 3.05) is 20.8 Å². The third-order valence-electron chi connectivity index (χ3n) is 3.92. The van der Waals surface area contributed by atoms with Crippen LogP contribution in [0.3, 0.4) is 0 Å². The monoisotopic (exact) mass is 354 g/mol. The molecule has 1 aromatic carbocycles. The molecule has 0 unspecified atom stereocenters. The third-order valence-corrected chi connectivity index (χ3v) is 4.21. The Labute approximate surface area is 144 Å². The van der Waals surface area contributed by atoms with Gasteiger partial charge in [-0.25, -0.2) is 9.59 Å². The maximum absolute atomic E-state index is 12.3. The molecule has 130 valence electrons. The van der Waals surface area contributed by atoms with E-state index < -0.39 is 12.0 Å². The predicted octanol–water partition coefficient (Wildman–Crippen LogP) is 2.59. The Morgan fingerprint density at radius 1 is 1.42 bits per heavy atom. The van der Waals surface area contributed by atoms with Crippen LogP contribution in [0.4, 0.5) is 4.79 Å². The van der Waals surface area contributed by atoms with Crippen molar-refractivity contribution in [3.63, 3.8) is 0 Å². The normalized spacial score (nSPS) is 17.6. The zero-order valence-corrected chi connectivity index (χ0v) is 14.6. The van der Waals surface area contributed by atoms with E-state index in [9.17, 15) is 14.7 Å². The number of aromatic hydroxyl groups is 1. The number of ether oxygens (including phenoxy) is 2. The van der Waals surface area contributed by atoms with Crippen molar-refractivity contribution in [1.82, 2.24) is 10.2 Å².